The molecule has 5 nitrogen and oxygen atoms in total. The van der Waals surface area contributed by atoms with E-state index in [1.165, 1.54) is 0 Å². The number of methoxy groups -OCH3 is 2. The number of amides is 1. The summed E-state index contributed by atoms with van der Waals surface area (Å²) < 4.78 is 10.4. The highest BCUT2D eigenvalue weighted by Gasteiger charge is 2.12. The van der Waals surface area contributed by atoms with E-state index in [9.17, 15) is 4.79 Å². The summed E-state index contributed by atoms with van der Waals surface area (Å²) in [5, 5.41) is 3.37. The van der Waals surface area contributed by atoms with Gasteiger partial charge in [0.1, 0.15) is 11.5 Å². The summed E-state index contributed by atoms with van der Waals surface area (Å²) in [6.07, 6.45) is 1.68. The molecule has 0 radical (unpaired) electrons. The van der Waals surface area contributed by atoms with Crippen LogP contribution in [0.3, 0.4) is 0 Å². The molecule has 0 fully saturated rings. The molecule has 6 heteroatoms. The number of rotatable bonds is 5. The second kappa shape index (κ2) is 7.89. The van der Waals surface area contributed by atoms with Gasteiger partial charge in [0.15, 0.2) is 0 Å². The van der Waals surface area contributed by atoms with Crippen LogP contribution in [0.2, 0.25) is 5.02 Å². The Hall–Kier alpha value is -3.05. The fraction of sp³-hybridized carbons (Fsp3) is 0.100. The van der Waals surface area contributed by atoms with Crippen molar-refractivity contribution in [1.29, 1.82) is 0 Å². The van der Waals surface area contributed by atoms with Crippen molar-refractivity contribution in [2.75, 3.05) is 19.5 Å². The number of anilines is 1. The number of hydrogen-bond acceptors (Lipinski definition) is 4. The van der Waals surface area contributed by atoms with Gasteiger partial charge in [-0.2, -0.15) is 0 Å². The maximum Gasteiger partial charge on any atom is 0.255 e. The van der Waals surface area contributed by atoms with Crippen LogP contribution < -0.4 is 14.8 Å². The van der Waals surface area contributed by atoms with Crippen molar-refractivity contribution >= 4 is 23.2 Å². The molecule has 0 saturated heterocycles. The fourth-order valence-corrected chi connectivity index (χ4v) is 2.68. The first-order chi connectivity index (χ1) is 12.6. The predicted octanol–water partition coefficient (Wildman–Crippen LogP) is 4.67. The molecule has 0 atom stereocenters. The molecular weight excluding hydrogens is 352 g/mol. The van der Waals surface area contributed by atoms with Gasteiger partial charge in [-0.15, -0.1) is 0 Å². The quantitative estimate of drug-likeness (QED) is 0.710. The van der Waals surface area contributed by atoms with E-state index in [4.69, 9.17) is 21.1 Å². The first-order valence-corrected chi connectivity index (χ1v) is 8.24. The minimum absolute atomic E-state index is 0.269. The van der Waals surface area contributed by atoms with Crippen molar-refractivity contribution in [3.05, 3.63) is 71.4 Å². The van der Waals surface area contributed by atoms with Gasteiger partial charge < -0.3 is 14.8 Å². The largest absolute Gasteiger partial charge is 0.497 e. The number of hydrogen-bond donors (Lipinski definition) is 1. The van der Waals surface area contributed by atoms with E-state index in [2.05, 4.69) is 10.3 Å². The van der Waals surface area contributed by atoms with Crippen LogP contribution in [0, 0.1) is 0 Å². The number of halogens is 1. The summed E-state index contributed by atoms with van der Waals surface area (Å²) in [5.74, 6) is 0.906. The molecule has 0 aliphatic heterocycles. The van der Waals surface area contributed by atoms with Crippen molar-refractivity contribution in [2.24, 2.45) is 0 Å². The number of pyridine rings is 1. The predicted molar refractivity (Wildman–Crippen MR) is 102 cm³/mol. The molecule has 0 aliphatic rings. The van der Waals surface area contributed by atoms with Crippen LogP contribution >= 0.6 is 11.6 Å². The van der Waals surface area contributed by atoms with Crippen LogP contribution in [0.25, 0.3) is 11.3 Å². The number of benzene rings is 2. The zero-order valence-electron chi connectivity index (χ0n) is 14.3. The molecule has 3 aromatic rings. The molecule has 0 bridgehead atoms. The molecule has 1 aromatic heterocycles. The Morgan fingerprint density at radius 3 is 2.35 bits per heavy atom. The first-order valence-electron chi connectivity index (χ1n) is 7.86. The molecule has 3 rings (SSSR count). The average molecular weight is 369 g/mol. The van der Waals surface area contributed by atoms with Crippen LogP contribution in [0.5, 0.6) is 11.5 Å². The molecule has 1 heterocycles. The van der Waals surface area contributed by atoms with E-state index in [0.717, 1.165) is 0 Å². The summed E-state index contributed by atoms with van der Waals surface area (Å²) in [7, 11) is 3.11. The van der Waals surface area contributed by atoms with Gasteiger partial charge >= 0.3 is 0 Å². The Bertz CT molecular complexity index is 907. The zero-order chi connectivity index (χ0) is 18.5. The van der Waals surface area contributed by atoms with Crippen molar-refractivity contribution < 1.29 is 14.3 Å². The molecule has 0 saturated carbocycles. The molecule has 26 heavy (non-hydrogen) atoms. The lowest BCUT2D eigenvalue weighted by atomic mass is 10.1. The van der Waals surface area contributed by atoms with E-state index >= 15 is 0 Å². The minimum Gasteiger partial charge on any atom is -0.497 e. The Labute approximate surface area is 156 Å². The van der Waals surface area contributed by atoms with E-state index in [1.54, 1.807) is 56.8 Å². The second-order valence-corrected chi connectivity index (χ2v) is 5.87. The molecule has 132 valence electrons. The third kappa shape index (κ3) is 3.95. The van der Waals surface area contributed by atoms with E-state index in [-0.39, 0.29) is 5.91 Å². The average Bonchev–Trinajstić information content (AvgIpc) is 2.68. The third-order valence-corrected chi connectivity index (χ3v) is 4.11. The zero-order valence-corrected chi connectivity index (χ0v) is 15.1. The molecular formula is C20H17ClN2O3. The molecule has 0 aliphatic carbocycles. The lowest BCUT2D eigenvalue weighted by Gasteiger charge is -2.11. The van der Waals surface area contributed by atoms with Crippen LogP contribution in [0.1, 0.15) is 10.4 Å². The van der Waals surface area contributed by atoms with Gasteiger partial charge in [-0.1, -0.05) is 17.7 Å². The Morgan fingerprint density at radius 2 is 1.73 bits per heavy atom. The Morgan fingerprint density at radius 1 is 1.00 bits per heavy atom. The van der Waals surface area contributed by atoms with E-state index in [1.807, 2.05) is 18.2 Å². The van der Waals surface area contributed by atoms with Gasteiger partial charge in [-0.05, 0) is 30.3 Å². The Balaban J connectivity index is 1.89. The number of carbonyl (C=O) groups excluding carboxylic acids is 1. The fourth-order valence-electron chi connectivity index (χ4n) is 2.47. The second-order valence-electron chi connectivity index (χ2n) is 5.47. The number of ether oxygens (including phenoxy) is 2. The van der Waals surface area contributed by atoms with Crippen molar-refractivity contribution in [3.63, 3.8) is 0 Å². The van der Waals surface area contributed by atoms with Crippen LogP contribution in [0.4, 0.5) is 5.69 Å². The first kappa shape index (κ1) is 17.8. The summed E-state index contributed by atoms with van der Waals surface area (Å²) in [5.41, 5.74) is 2.44. The molecule has 0 spiro atoms. The lowest BCUT2D eigenvalue weighted by molar-refractivity contribution is 0.102. The van der Waals surface area contributed by atoms with Gasteiger partial charge in [0.05, 0.1) is 24.9 Å². The monoisotopic (exact) mass is 368 g/mol. The van der Waals surface area contributed by atoms with Gasteiger partial charge in [0.25, 0.3) is 5.91 Å². The number of aromatic nitrogens is 1. The highest BCUT2D eigenvalue weighted by atomic mass is 35.5. The van der Waals surface area contributed by atoms with Gasteiger partial charge in [0, 0.05) is 41.2 Å². The highest BCUT2D eigenvalue weighted by Crippen LogP contribution is 2.29. The molecule has 0 unspecified atom stereocenters. The SMILES string of the molecule is COc1cc(NC(=O)c2ccc(Cl)c(-c3ccccn3)c2)cc(OC)c1. The summed E-state index contributed by atoms with van der Waals surface area (Å²) in [6.45, 7) is 0. The number of nitrogens with one attached hydrogen (secondary N) is 1. The summed E-state index contributed by atoms with van der Waals surface area (Å²) in [6, 6.07) is 15.8. The van der Waals surface area contributed by atoms with Gasteiger partial charge in [0.2, 0.25) is 0 Å². The lowest BCUT2D eigenvalue weighted by Crippen LogP contribution is -2.12. The topological polar surface area (TPSA) is 60.5 Å². The minimum atomic E-state index is -0.269. The van der Waals surface area contributed by atoms with Crippen molar-refractivity contribution in [1.82, 2.24) is 4.98 Å². The summed E-state index contributed by atoms with van der Waals surface area (Å²) >= 11 is 6.27. The standard InChI is InChI=1S/C20H17ClN2O3/c1-25-15-10-14(11-16(12-15)26-2)23-20(24)13-6-7-18(21)17(9-13)19-5-3-4-8-22-19/h3-12H,1-2H3,(H,23,24). The highest BCUT2D eigenvalue weighted by molar-refractivity contribution is 6.33. The molecule has 2 aromatic carbocycles. The third-order valence-electron chi connectivity index (χ3n) is 3.78. The van der Waals surface area contributed by atoms with Crippen molar-refractivity contribution in [2.45, 2.75) is 0 Å². The molecule has 1 N–H and O–H groups in total. The normalized spacial score (nSPS) is 10.3. The smallest absolute Gasteiger partial charge is 0.255 e. The van der Waals surface area contributed by atoms with E-state index < -0.39 is 0 Å². The summed E-state index contributed by atoms with van der Waals surface area (Å²) in [4.78, 5) is 16.9. The Kier molecular flexibility index (Phi) is 5.39. The van der Waals surface area contributed by atoms with Crippen LogP contribution in [0.15, 0.2) is 60.8 Å². The molecule has 1 amide bonds. The van der Waals surface area contributed by atoms with Gasteiger partial charge in [-0.25, -0.2) is 0 Å². The maximum absolute atomic E-state index is 12.7. The van der Waals surface area contributed by atoms with Crippen LogP contribution in [-0.4, -0.2) is 25.1 Å². The number of nitrogens with zero attached hydrogens (tertiary/aromatic N) is 1. The maximum atomic E-state index is 12.7. The number of carbonyl (C=O) groups is 1. The van der Waals surface area contributed by atoms with Gasteiger partial charge in [-0.3, -0.25) is 9.78 Å². The van der Waals surface area contributed by atoms with Crippen molar-refractivity contribution in [3.8, 4) is 22.8 Å². The van der Waals surface area contributed by atoms with Crippen LogP contribution in [-0.2, 0) is 0 Å². The van der Waals surface area contributed by atoms with E-state index in [0.29, 0.717) is 39.0 Å².